The fraction of sp³-hybridized carbons (Fsp3) is 0.462. The van der Waals surface area contributed by atoms with Gasteiger partial charge in [0.05, 0.1) is 16.7 Å². The Bertz CT molecular complexity index is 1260. The lowest BCUT2D eigenvalue weighted by atomic mass is 10.1. The van der Waals surface area contributed by atoms with Crippen molar-refractivity contribution in [1.29, 1.82) is 0 Å². The van der Waals surface area contributed by atoms with E-state index in [-0.39, 0.29) is 34.5 Å². The van der Waals surface area contributed by atoms with Crippen molar-refractivity contribution in [2.45, 2.75) is 32.6 Å². The van der Waals surface area contributed by atoms with Gasteiger partial charge in [0.15, 0.2) is 5.13 Å². The number of rotatable bonds is 9. The molecule has 2 aromatic carbocycles. The number of hydrogen-bond acceptors (Lipinski definition) is 8. The van der Waals surface area contributed by atoms with Crippen LogP contribution in [0.1, 0.15) is 41.6 Å². The van der Waals surface area contributed by atoms with Crippen molar-refractivity contribution < 1.29 is 14.5 Å². The molecule has 1 saturated heterocycles. The summed E-state index contributed by atoms with van der Waals surface area (Å²) in [4.78, 5) is 35.9. The first kappa shape index (κ1) is 28.6. The number of anilines is 2. The molecule has 4 rings (SSSR count). The molecular formula is C26H34ClN5O4S. The van der Waals surface area contributed by atoms with E-state index in [9.17, 15) is 14.9 Å². The van der Waals surface area contributed by atoms with E-state index in [4.69, 9.17) is 9.72 Å². The fourth-order valence-electron chi connectivity index (χ4n) is 4.57. The van der Waals surface area contributed by atoms with E-state index in [1.807, 2.05) is 38.1 Å². The van der Waals surface area contributed by atoms with Gasteiger partial charge < -0.3 is 14.5 Å². The van der Waals surface area contributed by atoms with E-state index >= 15 is 0 Å². The second-order valence-corrected chi connectivity index (χ2v) is 10.4. The van der Waals surface area contributed by atoms with Gasteiger partial charge in [0.2, 0.25) is 0 Å². The third kappa shape index (κ3) is 6.31. The summed E-state index contributed by atoms with van der Waals surface area (Å²) in [6.45, 7) is 4.82. The number of aromatic nitrogens is 1. The average molecular weight is 548 g/mol. The predicted molar refractivity (Wildman–Crippen MR) is 152 cm³/mol. The second kappa shape index (κ2) is 12.5. The van der Waals surface area contributed by atoms with Gasteiger partial charge in [-0.25, -0.2) is 4.98 Å². The monoisotopic (exact) mass is 547 g/mol. The maximum Gasteiger partial charge on any atom is 0.293 e. The van der Waals surface area contributed by atoms with E-state index in [1.54, 1.807) is 24.1 Å². The minimum absolute atomic E-state index is 0. The fourth-order valence-corrected chi connectivity index (χ4v) is 5.64. The molecule has 1 aliphatic heterocycles. The largest absolute Gasteiger partial charge is 0.494 e. The van der Waals surface area contributed by atoms with Gasteiger partial charge in [0, 0.05) is 31.3 Å². The molecule has 0 unspecified atom stereocenters. The number of fused-ring (bicyclic) bond motifs is 1. The highest BCUT2D eigenvalue weighted by atomic mass is 35.5. The van der Waals surface area contributed by atoms with Gasteiger partial charge in [-0.1, -0.05) is 17.4 Å². The molecule has 1 aromatic heterocycles. The highest BCUT2D eigenvalue weighted by molar-refractivity contribution is 7.22. The number of nitro groups is 1. The van der Waals surface area contributed by atoms with E-state index in [2.05, 4.69) is 4.90 Å². The molecule has 0 N–H and O–H groups in total. The van der Waals surface area contributed by atoms with Crippen LogP contribution in [0.3, 0.4) is 0 Å². The molecule has 1 fully saturated rings. The van der Waals surface area contributed by atoms with Crippen molar-refractivity contribution >= 4 is 56.4 Å². The molecule has 9 nitrogen and oxygen atoms in total. The van der Waals surface area contributed by atoms with Gasteiger partial charge >= 0.3 is 0 Å². The van der Waals surface area contributed by atoms with Crippen molar-refractivity contribution in [3.63, 3.8) is 0 Å². The van der Waals surface area contributed by atoms with E-state index in [0.717, 1.165) is 55.6 Å². The maximum absolute atomic E-state index is 13.8. The van der Waals surface area contributed by atoms with Gasteiger partial charge in [-0.15, -0.1) is 12.4 Å². The van der Waals surface area contributed by atoms with Gasteiger partial charge in [0.1, 0.15) is 17.0 Å². The molecule has 0 aliphatic carbocycles. The summed E-state index contributed by atoms with van der Waals surface area (Å²) in [5.41, 5.74) is 2.61. The van der Waals surface area contributed by atoms with E-state index in [1.165, 1.54) is 17.4 Å². The van der Waals surface area contributed by atoms with Crippen molar-refractivity contribution in [2.75, 3.05) is 57.2 Å². The highest BCUT2D eigenvalue weighted by Gasteiger charge is 2.27. The first-order valence-corrected chi connectivity index (χ1v) is 13.1. The Morgan fingerprint density at radius 3 is 2.54 bits per heavy atom. The lowest BCUT2D eigenvalue weighted by Crippen LogP contribution is -2.34. The number of amides is 1. The zero-order chi connectivity index (χ0) is 25.8. The van der Waals surface area contributed by atoms with Crippen LogP contribution in [0.5, 0.6) is 5.75 Å². The van der Waals surface area contributed by atoms with Gasteiger partial charge in [-0.2, -0.15) is 0 Å². The van der Waals surface area contributed by atoms with Crippen LogP contribution >= 0.6 is 23.7 Å². The minimum Gasteiger partial charge on any atom is -0.494 e. The number of halogens is 1. The number of aryl methyl sites for hydroxylation is 1. The Labute approximate surface area is 227 Å². The standard InChI is InChI=1S/C26H33N5O4S.ClH/c1-18-9-12-22(35-4)23-24(18)36-26(27-23)30(16-8-13-28(2)3)25(32)19-10-11-20(21(17-19)31(33)34)29-14-6-5-7-15-29;/h9-12,17H,5-8,13-16H2,1-4H3;1H. The van der Waals surface area contributed by atoms with Crippen LogP contribution in [-0.4, -0.2) is 68.1 Å². The Hall–Kier alpha value is -2.95. The van der Waals surface area contributed by atoms with Gasteiger partial charge in [-0.05, 0) is 77.0 Å². The zero-order valence-electron chi connectivity index (χ0n) is 21.7. The number of carbonyl (C=O) groups excluding carboxylic acids is 1. The Morgan fingerprint density at radius 2 is 1.89 bits per heavy atom. The molecule has 11 heteroatoms. The molecule has 1 aliphatic rings. The molecule has 3 aromatic rings. The van der Waals surface area contributed by atoms with Crippen LogP contribution in [0.15, 0.2) is 30.3 Å². The van der Waals surface area contributed by atoms with Gasteiger partial charge in [0.25, 0.3) is 11.6 Å². The van der Waals surface area contributed by atoms with Crippen molar-refractivity contribution in [3.8, 4) is 5.75 Å². The first-order chi connectivity index (χ1) is 17.3. The Morgan fingerprint density at radius 1 is 1.16 bits per heavy atom. The van der Waals surface area contributed by atoms with Crippen LogP contribution < -0.4 is 14.5 Å². The van der Waals surface area contributed by atoms with Crippen LogP contribution in [0.4, 0.5) is 16.5 Å². The predicted octanol–water partition coefficient (Wildman–Crippen LogP) is 5.53. The summed E-state index contributed by atoms with van der Waals surface area (Å²) in [6.07, 6.45) is 3.89. The van der Waals surface area contributed by atoms with E-state index < -0.39 is 0 Å². The lowest BCUT2D eigenvalue weighted by molar-refractivity contribution is -0.384. The number of benzene rings is 2. The number of ether oxygens (including phenoxy) is 1. The third-order valence-corrected chi connectivity index (χ3v) is 7.70. The zero-order valence-corrected chi connectivity index (χ0v) is 23.4. The first-order valence-electron chi connectivity index (χ1n) is 12.2. The molecule has 0 bridgehead atoms. The van der Waals surface area contributed by atoms with Crippen molar-refractivity contribution in [1.82, 2.24) is 9.88 Å². The summed E-state index contributed by atoms with van der Waals surface area (Å²) in [6, 6.07) is 8.70. The summed E-state index contributed by atoms with van der Waals surface area (Å²) in [7, 11) is 5.58. The normalized spacial score (nSPS) is 13.5. The number of hydrogen-bond donors (Lipinski definition) is 0. The number of nitrogens with zero attached hydrogens (tertiary/aromatic N) is 5. The third-order valence-electron chi connectivity index (χ3n) is 6.49. The summed E-state index contributed by atoms with van der Waals surface area (Å²) in [5, 5.41) is 12.5. The van der Waals surface area contributed by atoms with E-state index in [0.29, 0.717) is 28.6 Å². The quantitative estimate of drug-likeness (QED) is 0.257. The SMILES string of the molecule is COc1ccc(C)c2sc(N(CCCN(C)C)C(=O)c3ccc(N4CCCCC4)c([N+](=O)[O-])c3)nc12.Cl. The van der Waals surface area contributed by atoms with Crippen LogP contribution in [0.2, 0.25) is 0 Å². The molecule has 0 saturated carbocycles. The maximum atomic E-state index is 13.8. The molecule has 37 heavy (non-hydrogen) atoms. The number of thiazole rings is 1. The summed E-state index contributed by atoms with van der Waals surface area (Å²) >= 11 is 1.44. The minimum atomic E-state index is -0.386. The number of nitro benzene ring substituents is 1. The lowest BCUT2D eigenvalue weighted by Gasteiger charge is -2.28. The number of carbonyl (C=O) groups is 1. The van der Waals surface area contributed by atoms with Crippen LogP contribution in [-0.2, 0) is 0 Å². The smallest absolute Gasteiger partial charge is 0.293 e. The number of piperidine rings is 1. The van der Waals surface area contributed by atoms with Crippen molar-refractivity contribution in [3.05, 3.63) is 51.6 Å². The topological polar surface area (TPSA) is 92.0 Å². The molecule has 0 atom stereocenters. The average Bonchev–Trinajstić information content (AvgIpc) is 3.32. The molecule has 0 spiro atoms. The molecule has 2 heterocycles. The molecule has 0 radical (unpaired) electrons. The molecule has 200 valence electrons. The summed E-state index contributed by atoms with van der Waals surface area (Å²) < 4.78 is 6.46. The Kier molecular flexibility index (Phi) is 9.69. The second-order valence-electron chi connectivity index (χ2n) is 9.38. The molecule has 1 amide bonds. The summed E-state index contributed by atoms with van der Waals surface area (Å²) in [5.74, 6) is 0.359. The van der Waals surface area contributed by atoms with Crippen molar-refractivity contribution in [2.24, 2.45) is 0 Å². The number of methoxy groups -OCH3 is 1. The van der Waals surface area contributed by atoms with Crippen LogP contribution in [0, 0.1) is 17.0 Å². The molecular weight excluding hydrogens is 514 g/mol. The van der Waals surface area contributed by atoms with Crippen LogP contribution in [0.25, 0.3) is 10.2 Å². The van der Waals surface area contributed by atoms with Gasteiger partial charge in [-0.3, -0.25) is 19.8 Å². The Balaban J connectivity index is 0.00000380. The highest BCUT2D eigenvalue weighted by Crippen LogP contribution is 2.38.